The summed E-state index contributed by atoms with van der Waals surface area (Å²) in [6, 6.07) is 1.22. The minimum Gasteiger partial charge on any atom is -0.383 e. The van der Waals surface area contributed by atoms with E-state index in [4.69, 9.17) is 11.0 Å². The molecule has 0 spiro atoms. The Morgan fingerprint density at radius 1 is 1.37 bits per heavy atom. The van der Waals surface area contributed by atoms with Crippen molar-refractivity contribution in [1.82, 2.24) is 5.32 Å². The molecule has 0 saturated carbocycles. The third-order valence-corrected chi connectivity index (χ3v) is 2.69. The molecule has 0 fully saturated rings. The Hall–Kier alpha value is -1.61. The average Bonchev–Trinajstić information content (AvgIpc) is 2.31. The predicted octanol–water partition coefficient (Wildman–Crippen LogP) is 0.447. The van der Waals surface area contributed by atoms with Crippen molar-refractivity contribution in [2.45, 2.75) is 58.1 Å². The van der Waals surface area contributed by atoms with Gasteiger partial charge in [-0.1, -0.05) is 13.8 Å². The summed E-state index contributed by atoms with van der Waals surface area (Å²) in [7, 11) is 0. The highest BCUT2D eigenvalue weighted by atomic mass is 16.3. The molecule has 0 bridgehead atoms. The van der Waals surface area contributed by atoms with Crippen molar-refractivity contribution in [3.05, 3.63) is 0 Å². The number of nitrogens with two attached hydrogens (primary N) is 1. The number of carbonyl (C=O) groups excluding carboxylic acids is 2. The van der Waals surface area contributed by atoms with Crippen LogP contribution in [0.5, 0.6) is 0 Å². The molecule has 108 valence electrons. The first kappa shape index (κ1) is 17.4. The fraction of sp³-hybridized carbons (Fsp3) is 0.769. The topological polar surface area (TPSA) is 116 Å². The lowest BCUT2D eigenvalue weighted by Gasteiger charge is -2.18. The van der Waals surface area contributed by atoms with Gasteiger partial charge in [0.25, 0.3) is 0 Å². The van der Waals surface area contributed by atoms with E-state index >= 15 is 0 Å². The van der Waals surface area contributed by atoms with E-state index in [1.54, 1.807) is 0 Å². The molecule has 0 radical (unpaired) electrons. The van der Waals surface area contributed by atoms with Crippen molar-refractivity contribution in [2.24, 2.45) is 11.7 Å². The van der Waals surface area contributed by atoms with Crippen LogP contribution in [-0.2, 0) is 9.59 Å². The van der Waals surface area contributed by atoms with Gasteiger partial charge in [-0.2, -0.15) is 5.26 Å². The van der Waals surface area contributed by atoms with Crippen LogP contribution in [0.2, 0.25) is 0 Å². The number of hydrogen-bond donors (Lipinski definition) is 3. The molecule has 19 heavy (non-hydrogen) atoms. The van der Waals surface area contributed by atoms with Gasteiger partial charge in [-0.15, -0.1) is 0 Å². The summed E-state index contributed by atoms with van der Waals surface area (Å²) >= 11 is 0. The number of nitrogens with zero attached hydrogens (tertiary/aromatic N) is 1. The van der Waals surface area contributed by atoms with Gasteiger partial charge >= 0.3 is 0 Å². The summed E-state index contributed by atoms with van der Waals surface area (Å²) in [6.07, 6.45) is 1.30. The number of unbranched alkanes of at least 4 members (excludes halogenated alkanes) is 2. The summed E-state index contributed by atoms with van der Waals surface area (Å²) < 4.78 is 0. The summed E-state index contributed by atoms with van der Waals surface area (Å²) in [6.45, 7) is 3.79. The second-order valence-corrected chi connectivity index (χ2v) is 5.01. The van der Waals surface area contributed by atoms with E-state index in [-0.39, 0.29) is 5.92 Å². The number of carbonyl (C=O) groups is 2. The number of aliphatic hydroxyl groups is 1. The Morgan fingerprint density at radius 2 is 2.00 bits per heavy atom. The molecular formula is C13H23N3O3. The standard InChI is InChI=1S/C13H23N3O3/c1-9(2)8-11(17)13(19)16-10(12(15)18)6-4-3-5-7-14/h9-11,17H,3-6,8H2,1-2H3,(H2,15,18)(H,16,19)/t10-,11+/m0/s1. The van der Waals surface area contributed by atoms with E-state index in [1.165, 1.54) is 0 Å². The van der Waals surface area contributed by atoms with E-state index in [9.17, 15) is 14.7 Å². The molecular weight excluding hydrogens is 246 g/mol. The van der Waals surface area contributed by atoms with Crippen molar-refractivity contribution in [3.8, 4) is 6.07 Å². The van der Waals surface area contributed by atoms with Gasteiger partial charge in [-0.25, -0.2) is 0 Å². The molecule has 0 unspecified atom stereocenters. The molecule has 0 aliphatic rings. The smallest absolute Gasteiger partial charge is 0.249 e. The van der Waals surface area contributed by atoms with Gasteiger partial charge in [-0.05, 0) is 31.6 Å². The first-order valence-electron chi connectivity index (χ1n) is 6.53. The molecule has 4 N–H and O–H groups in total. The number of primary amides is 1. The number of nitriles is 1. The maximum atomic E-state index is 11.7. The van der Waals surface area contributed by atoms with Gasteiger partial charge in [0.05, 0.1) is 6.07 Å². The Morgan fingerprint density at radius 3 is 2.47 bits per heavy atom. The highest BCUT2D eigenvalue weighted by Crippen LogP contribution is 2.07. The van der Waals surface area contributed by atoms with Crippen LogP contribution >= 0.6 is 0 Å². The number of aliphatic hydroxyl groups excluding tert-OH is 1. The van der Waals surface area contributed by atoms with Crippen molar-refractivity contribution in [2.75, 3.05) is 0 Å². The Bertz CT molecular complexity index is 337. The highest BCUT2D eigenvalue weighted by molar-refractivity contribution is 5.88. The Labute approximate surface area is 114 Å². The molecule has 2 atom stereocenters. The van der Waals surface area contributed by atoms with Gasteiger partial charge in [-0.3, -0.25) is 9.59 Å². The lowest BCUT2D eigenvalue weighted by Crippen LogP contribution is -2.48. The maximum Gasteiger partial charge on any atom is 0.249 e. The first-order valence-corrected chi connectivity index (χ1v) is 6.53. The SMILES string of the molecule is CC(C)C[C@@H](O)C(=O)N[C@@H](CCCCC#N)C(N)=O. The number of rotatable bonds is 9. The first-order chi connectivity index (χ1) is 8.88. The van der Waals surface area contributed by atoms with E-state index in [2.05, 4.69) is 5.32 Å². The van der Waals surface area contributed by atoms with Crippen LogP contribution in [0.1, 0.15) is 46.0 Å². The Balaban J connectivity index is 4.23. The third kappa shape index (κ3) is 8.16. The zero-order valence-electron chi connectivity index (χ0n) is 11.6. The quantitative estimate of drug-likeness (QED) is 0.527. The fourth-order valence-electron chi connectivity index (χ4n) is 1.66. The second kappa shape index (κ2) is 9.34. The van der Waals surface area contributed by atoms with E-state index in [0.29, 0.717) is 32.1 Å². The summed E-state index contributed by atoms with van der Waals surface area (Å²) in [4.78, 5) is 22.9. The minimum atomic E-state index is -1.12. The molecule has 0 aromatic carbocycles. The van der Waals surface area contributed by atoms with Crippen molar-refractivity contribution < 1.29 is 14.7 Å². The average molecular weight is 269 g/mol. The van der Waals surface area contributed by atoms with Crippen LogP contribution in [0.4, 0.5) is 0 Å². The van der Waals surface area contributed by atoms with Crippen molar-refractivity contribution in [3.63, 3.8) is 0 Å². The van der Waals surface area contributed by atoms with Crippen molar-refractivity contribution in [1.29, 1.82) is 5.26 Å². The molecule has 6 heteroatoms. The van der Waals surface area contributed by atoms with Gasteiger partial charge < -0.3 is 16.2 Å². The Kier molecular flexibility index (Phi) is 8.55. The molecule has 0 aromatic rings. The van der Waals surface area contributed by atoms with Crippen LogP contribution in [0.25, 0.3) is 0 Å². The largest absolute Gasteiger partial charge is 0.383 e. The summed E-state index contributed by atoms with van der Waals surface area (Å²) in [5, 5.41) is 20.5. The van der Waals surface area contributed by atoms with Crippen LogP contribution < -0.4 is 11.1 Å². The van der Waals surface area contributed by atoms with Gasteiger partial charge in [0.15, 0.2) is 0 Å². The summed E-state index contributed by atoms with van der Waals surface area (Å²) in [5.74, 6) is -1.01. The number of hydrogen-bond acceptors (Lipinski definition) is 4. The fourth-order valence-corrected chi connectivity index (χ4v) is 1.66. The molecule has 0 heterocycles. The monoisotopic (exact) mass is 269 g/mol. The normalized spacial score (nSPS) is 13.6. The molecule has 2 amide bonds. The molecule has 0 rings (SSSR count). The van der Waals surface area contributed by atoms with Gasteiger partial charge in [0, 0.05) is 6.42 Å². The predicted molar refractivity (Wildman–Crippen MR) is 70.7 cm³/mol. The summed E-state index contributed by atoms with van der Waals surface area (Å²) in [5.41, 5.74) is 5.20. The van der Waals surface area contributed by atoms with E-state index in [1.807, 2.05) is 19.9 Å². The van der Waals surface area contributed by atoms with Crippen LogP contribution in [0.3, 0.4) is 0 Å². The zero-order chi connectivity index (χ0) is 14.8. The van der Waals surface area contributed by atoms with Crippen molar-refractivity contribution >= 4 is 11.8 Å². The molecule has 0 aliphatic heterocycles. The second-order valence-electron chi connectivity index (χ2n) is 5.01. The molecule has 0 aromatic heterocycles. The van der Waals surface area contributed by atoms with Gasteiger partial charge in [0.1, 0.15) is 12.1 Å². The lowest BCUT2D eigenvalue weighted by molar-refractivity contribution is -0.133. The molecule has 0 saturated heterocycles. The van der Waals surface area contributed by atoms with E-state index < -0.39 is 24.0 Å². The van der Waals surface area contributed by atoms with Crippen LogP contribution in [0.15, 0.2) is 0 Å². The highest BCUT2D eigenvalue weighted by Gasteiger charge is 2.22. The third-order valence-electron chi connectivity index (χ3n) is 2.69. The molecule has 0 aliphatic carbocycles. The van der Waals surface area contributed by atoms with E-state index in [0.717, 1.165) is 0 Å². The van der Waals surface area contributed by atoms with Gasteiger partial charge in [0.2, 0.25) is 11.8 Å². The zero-order valence-corrected chi connectivity index (χ0v) is 11.6. The van der Waals surface area contributed by atoms with Crippen LogP contribution in [0, 0.1) is 17.2 Å². The number of nitrogens with one attached hydrogen (secondary N) is 1. The minimum absolute atomic E-state index is 0.184. The molecule has 6 nitrogen and oxygen atoms in total. The lowest BCUT2D eigenvalue weighted by atomic mass is 10.0. The van der Waals surface area contributed by atoms with Crippen LogP contribution in [-0.4, -0.2) is 29.1 Å². The maximum absolute atomic E-state index is 11.7. The number of amides is 2.